The highest BCUT2D eigenvalue weighted by Gasteiger charge is 2.19. The summed E-state index contributed by atoms with van der Waals surface area (Å²) in [5, 5.41) is 0. The average molecular weight is 899 g/mol. The molecule has 0 aromatic rings. The van der Waals surface area contributed by atoms with Crippen LogP contribution in [-0.4, -0.2) is 37.2 Å². The highest BCUT2D eigenvalue weighted by molar-refractivity contribution is 5.71. The molecule has 0 radical (unpaired) electrons. The molecule has 0 saturated carbocycles. The zero-order valence-electron chi connectivity index (χ0n) is 42.8. The number of hydrogen-bond donors (Lipinski definition) is 0. The normalized spacial score (nSPS) is 12.2. The number of unbranched alkanes of at least 4 members (excludes halogenated alkanes) is 36. The largest absolute Gasteiger partial charge is 0.462 e. The van der Waals surface area contributed by atoms with Gasteiger partial charge in [0, 0.05) is 19.3 Å². The SMILES string of the molecule is CC\C=C/C=C\C=C/CCCCCCCC(=O)OCC(COC(=O)CCCCCCCCCCCCCCCCCCCC)OC(=O)CCCCCCCCCCCCCCCCC. The Hall–Kier alpha value is -2.37. The van der Waals surface area contributed by atoms with E-state index in [0.717, 1.165) is 83.5 Å². The molecule has 0 aliphatic rings. The third-order valence-corrected chi connectivity index (χ3v) is 12.5. The minimum Gasteiger partial charge on any atom is -0.462 e. The van der Waals surface area contributed by atoms with Crippen molar-refractivity contribution in [2.45, 2.75) is 303 Å². The summed E-state index contributed by atoms with van der Waals surface area (Å²) in [4.78, 5) is 38.1. The predicted octanol–water partition coefficient (Wildman–Crippen LogP) is 18.5. The Bertz CT molecular complexity index is 1080. The van der Waals surface area contributed by atoms with Gasteiger partial charge in [-0.3, -0.25) is 14.4 Å². The first-order chi connectivity index (χ1) is 31.5. The molecule has 0 spiro atoms. The maximum atomic E-state index is 12.8. The van der Waals surface area contributed by atoms with E-state index in [1.54, 1.807) is 0 Å². The Kier molecular flexibility index (Phi) is 51.3. The highest BCUT2D eigenvalue weighted by atomic mass is 16.6. The molecule has 0 heterocycles. The van der Waals surface area contributed by atoms with Crippen LogP contribution >= 0.6 is 0 Å². The van der Waals surface area contributed by atoms with Crippen LogP contribution in [0.2, 0.25) is 0 Å². The number of hydrogen-bond acceptors (Lipinski definition) is 6. The quantitative estimate of drug-likeness (QED) is 0.0262. The van der Waals surface area contributed by atoms with Gasteiger partial charge in [-0.15, -0.1) is 0 Å². The monoisotopic (exact) mass is 899 g/mol. The summed E-state index contributed by atoms with van der Waals surface area (Å²) in [6.45, 7) is 6.53. The standard InChI is InChI=1S/C58H106O6/c1-4-7-10-13-16-19-22-25-27-28-29-31-33-36-39-42-45-48-51-57(60)63-54-55(53-62-56(59)50-47-44-41-38-35-32-24-21-18-15-12-9-6-3)64-58(61)52-49-46-43-40-37-34-30-26-23-20-17-14-11-8-5-2/h9,12,15,18,21,24,55H,4-8,10-11,13-14,16-17,19-20,22-23,25-54H2,1-3H3/b12-9-,18-15-,24-21-. The van der Waals surface area contributed by atoms with Crippen LogP contribution in [0.25, 0.3) is 0 Å². The van der Waals surface area contributed by atoms with Crippen LogP contribution < -0.4 is 0 Å². The minimum atomic E-state index is -0.775. The van der Waals surface area contributed by atoms with E-state index in [0.29, 0.717) is 19.3 Å². The summed E-state index contributed by atoms with van der Waals surface area (Å²) in [6, 6.07) is 0. The summed E-state index contributed by atoms with van der Waals surface area (Å²) in [5.41, 5.74) is 0. The lowest BCUT2D eigenvalue weighted by Gasteiger charge is -2.18. The molecule has 0 rings (SSSR count). The van der Waals surface area contributed by atoms with Crippen LogP contribution in [-0.2, 0) is 28.6 Å². The van der Waals surface area contributed by atoms with Crippen LogP contribution in [0.4, 0.5) is 0 Å². The second kappa shape index (κ2) is 53.2. The summed E-state index contributed by atoms with van der Waals surface area (Å²) < 4.78 is 16.8. The number of carbonyl (C=O) groups is 3. The van der Waals surface area contributed by atoms with Crippen molar-refractivity contribution in [2.75, 3.05) is 13.2 Å². The van der Waals surface area contributed by atoms with Gasteiger partial charge < -0.3 is 14.2 Å². The summed E-state index contributed by atoms with van der Waals surface area (Å²) in [5.74, 6) is -0.878. The first-order valence-corrected chi connectivity index (χ1v) is 28.0. The molecule has 0 fully saturated rings. The van der Waals surface area contributed by atoms with Crippen molar-refractivity contribution in [1.82, 2.24) is 0 Å². The van der Waals surface area contributed by atoms with E-state index in [4.69, 9.17) is 14.2 Å². The Morgan fingerprint density at radius 3 is 0.938 bits per heavy atom. The van der Waals surface area contributed by atoms with E-state index in [2.05, 4.69) is 57.2 Å². The third-order valence-electron chi connectivity index (χ3n) is 12.5. The molecular formula is C58H106O6. The van der Waals surface area contributed by atoms with Crippen molar-refractivity contribution in [1.29, 1.82) is 0 Å². The Labute approximate surface area is 397 Å². The van der Waals surface area contributed by atoms with Crippen LogP contribution in [0.15, 0.2) is 36.5 Å². The topological polar surface area (TPSA) is 78.9 Å². The van der Waals surface area contributed by atoms with Crippen molar-refractivity contribution in [3.8, 4) is 0 Å². The lowest BCUT2D eigenvalue weighted by atomic mass is 10.0. The molecule has 0 saturated heterocycles. The smallest absolute Gasteiger partial charge is 0.306 e. The molecule has 6 heteroatoms. The van der Waals surface area contributed by atoms with Crippen LogP contribution in [0.3, 0.4) is 0 Å². The minimum absolute atomic E-state index is 0.0740. The van der Waals surface area contributed by atoms with Gasteiger partial charge in [0.1, 0.15) is 13.2 Å². The Morgan fingerprint density at radius 2 is 0.609 bits per heavy atom. The van der Waals surface area contributed by atoms with Crippen molar-refractivity contribution in [3.63, 3.8) is 0 Å². The van der Waals surface area contributed by atoms with Crippen LogP contribution in [0, 0.1) is 0 Å². The fourth-order valence-electron chi connectivity index (χ4n) is 8.27. The maximum absolute atomic E-state index is 12.8. The van der Waals surface area contributed by atoms with E-state index < -0.39 is 6.10 Å². The lowest BCUT2D eigenvalue weighted by Crippen LogP contribution is -2.30. The van der Waals surface area contributed by atoms with E-state index in [-0.39, 0.29) is 31.1 Å². The van der Waals surface area contributed by atoms with Gasteiger partial charge in [0.2, 0.25) is 0 Å². The second-order valence-corrected chi connectivity index (χ2v) is 18.9. The molecule has 0 N–H and O–H groups in total. The van der Waals surface area contributed by atoms with Gasteiger partial charge >= 0.3 is 17.9 Å². The number of esters is 3. The van der Waals surface area contributed by atoms with Gasteiger partial charge in [0.05, 0.1) is 0 Å². The molecule has 374 valence electrons. The van der Waals surface area contributed by atoms with Crippen molar-refractivity contribution in [2.24, 2.45) is 0 Å². The lowest BCUT2D eigenvalue weighted by molar-refractivity contribution is -0.167. The molecule has 0 bridgehead atoms. The zero-order chi connectivity index (χ0) is 46.5. The van der Waals surface area contributed by atoms with E-state index in [1.165, 1.54) is 173 Å². The summed E-state index contributed by atoms with van der Waals surface area (Å²) in [6.07, 6.45) is 62.8. The van der Waals surface area contributed by atoms with Gasteiger partial charge in [-0.1, -0.05) is 276 Å². The van der Waals surface area contributed by atoms with Crippen molar-refractivity contribution < 1.29 is 28.6 Å². The average Bonchev–Trinajstić information content (AvgIpc) is 3.29. The summed E-state index contributed by atoms with van der Waals surface area (Å²) in [7, 11) is 0. The first kappa shape index (κ1) is 61.6. The fourth-order valence-corrected chi connectivity index (χ4v) is 8.27. The van der Waals surface area contributed by atoms with E-state index in [1.807, 2.05) is 0 Å². The van der Waals surface area contributed by atoms with Gasteiger partial charge in [-0.25, -0.2) is 0 Å². The molecule has 0 aliphatic carbocycles. The van der Waals surface area contributed by atoms with Crippen molar-refractivity contribution >= 4 is 17.9 Å². The van der Waals surface area contributed by atoms with E-state index in [9.17, 15) is 14.4 Å². The van der Waals surface area contributed by atoms with Gasteiger partial charge in [-0.05, 0) is 38.5 Å². The van der Waals surface area contributed by atoms with Crippen LogP contribution in [0.5, 0.6) is 0 Å². The molecule has 0 aliphatic heterocycles. The van der Waals surface area contributed by atoms with E-state index >= 15 is 0 Å². The molecule has 0 amide bonds. The highest BCUT2D eigenvalue weighted by Crippen LogP contribution is 2.17. The van der Waals surface area contributed by atoms with Gasteiger partial charge in [0.25, 0.3) is 0 Å². The predicted molar refractivity (Wildman–Crippen MR) is 275 cm³/mol. The molecule has 1 atom stereocenters. The Balaban J connectivity index is 4.32. The number of ether oxygens (including phenoxy) is 3. The van der Waals surface area contributed by atoms with Gasteiger partial charge in [0.15, 0.2) is 6.10 Å². The molecule has 1 unspecified atom stereocenters. The van der Waals surface area contributed by atoms with Gasteiger partial charge in [-0.2, -0.15) is 0 Å². The maximum Gasteiger partial charge on any atom is 0.306 e. The number of allylic oxidation sites excluding steroid dienone is 6. The summed E-state index contributed by atoms with van der Waals surface area (Å²) >= 11 is 0. The second-order valence-electron chi connectivity index (χ2n) is 18.9. The Morgan fingerprint density at radius 1 is 0.328 bits per heavy atom. The van der Waals surface area contributed by atoms with Crippen LogP contribution in [0.1, 0.15) is 297 Å². The first-order valence-electron chi connectivity index (χ1n) is 28.0. The molecular weight excluding hydrogens is 793 g/mol. The van der Waals surface area contributed by atoms with Crippen molar-refractivity contribution in [3.05, 3.63) is 36.5 Å². The zero-order valence-corrected chi connectivity index (χ0v) is 42.8. The third kappa shape index (κ3) is 50.6. The molecule has 0 aromatic heterocycles. The number of rotatable bonds is 51. The molecule has 64 heavy (non-hydrogen) atoms. The molecule has 0 aromatic carbocycles. The molecule has 6 nitrogen and oxygen atoms in total. The number of carbonyl (C=O) groups excluding carboxylic acids is 3. The fraction of sp³-hybridized carbons (Fsp3) is 0.845.